The van der Waals surface area contributed by atoms with Crippen LogP contribution in [0.15, 0.2) is 41.1 Å². The highest BCUT2D eigenvalue weighted by Crippen LogP contribution is 2.15. The number of hydrogen-bond donors (Lipinski definition) is 2. The van der Waals surface area contributed by atoms with Gasteiger partial charge in [0.2, 0.25) is 10.0 Å². The summed E-state index contributed by atoms with van der Waals surface area (Å²) >= 11 is 0. The van der Waals surface area contributed by atoms with Crippen molar-refractivity contribution < 1.29 is 17.5 Å². The van der Waals surface area contributed by atoms with E-state index >= 15 is 0 Å². The van der Waals surface area contributed by atoms with E-state index in [4.69, 9.17) is 15.6 Å². The molecule has 0 saturated carbocycles. The summed E-state index contributed by atoms with van der Waals surface area (Å²) in [5, 5.41) is 4.93. The van der Waals surface area contributed by atoms with Crippen LogP contribution in [-0.4, -0.2) is 21.6 Å². The van der Waals surface area contributed by atoms with E-state index in [9.17, 15) is 12.8 Å². The standard InChI is InChI=1S/C10H13FN2O3S.ClH/c11-5-8(6-12)7-16-9-1-3-10(4-2-9)17(13,14)15;/h1-5H,6-7,12H2,(H2,13,14,15);1H/b8-5-;. The van der Waals surface area contributed by atoms with Crippen LogP contribution in [0.3, 0.4) is 0 Å². The van der Waals surface area contributed by atoms with Crippen LogP contribution in [0.1, 0.15) is 0 Å². The number of primary sulfonamides is 1. The molecule has 0 bridgehead atoms. The van der Waals surface area contributed by atoms with Crippen LogP contribution in [-0.2, 0) is 10.0 Å². The predicted molar refractivity (Wildman–Crippen MR) is 68.8 cm³/mol. The van der Waals surface area contributed by atoms with E-state index < -0.39 is 10.0 Å². The number of sulfonamides is 1. The van der Waals surface area contributed by atoms with Crippen molar-refractivity contribution in [3.63, 3.8) is 0 Å². The van der Waals surface area contributed by atoms with E-state index in [1.807, 2.05) is 0 Å². The molecule has 1 rings (SSSR count). The van der Waals surface area contributed by atoms with Crippen LogP contribution >= 0.6 is 12.4 Å². The van der Waals surface area contributed by atoms with Gasteiger partial charge in [-0.15, -0.1) is 12.4 Å². The number of benzene rings is 1. The van der Waals surface area contributed by atoms with Crippen molar-refractivity contribution in [3.8, 4) is 5.75 Å². The molecule has 0 spiro atoms. The Kier molecular flexibility index (Phi) is 6.85. The Hall–Kier alpha value is -1.15. The third-order valence-corrected chi connectivity index (χ3v) is 2.92. The lowest BCUT2D eigenvalue weighted by atomic mass is 10.3. The van der Waals surface area contributed by atoms with Crippen LogP contribution in [0.4, 0.5) is 4.39 Å². The summed E-state index contributed by atoms with van der Waals surface area (Å²) in [5.74, 6) is 0.408. The fourth-order valence-corrected chi connectivity index (χ4v) is 1.55. The van der Waals surface area contributed by atoms with Crippen molar-refractivity contribution in [2.24, 2.45) is 10.9 Å². The van der Waals surface area contributed by atoms with E-state index in [1.54, 1.807) is 0 Å². The average molecular weight is 297 g/mol. The fourth-order valence-electron chi connectivity index (χ4n) is 1.04. The Morgan fingerprint density at radius 2 is 1.89 bits per heavy atom. The molecule has 1 aromatic rings. The Bertz CT molecular complexity index is 502. The second-order valence-corrected chi connectivity index (χ2v) is 4.84. The highest BCUT2D eigenvalue weighted by atomic mass is 35.5. The molecule has 0 unspecified atom stereocenters. The topological polar surface area (TPSA) is 95.4 Å². The van der Waals surface area contributed by atoms with Gasteiger partial charge in [0.1, 0.15) is 12.4 Å². The zero-order valence-corrected chi connectivity index (χ0v) is 11.0. The van der Waals surface area contributed by atoms with Crippen molar-refractivity contribution in [1.29, 1.82) is 0 Å². The number of rotatable bonds is 5. The summed E-state index contributed by atoms with van der Waals surface area (Å²) in [6.07, 6.45) is 0.388. The van der Waals surface area contributed by atoms with Gasteiger partial charge in [-0.25, -0.2) is 17.9 Å². The van der Waals surface area contributed by atoms with Gasteiger partial charge in [-0.3, -0.25) is 0 Å². The zero-order chi connectivity index (χ0) is 12.9. The zero-order valence-electron chi connectivity index (χ0n) is 9.37. The Morgan fingerprint density at radius 1 is 1.33 bits per heavy atom. The molecule has 0 fully saturated rings. The van der Waals surface area contributed by atoms with Crippen LogP contribution in [0, 0.1) is 0 Å². The molecule has 1 aromatic carbocycles. The average Bonchev–Trinajstić information content (AvgIpc) is 2.30. The van der Waals surface area contributed by atoms with Gasteiger partial charge in [-0.2, -0.15) is 0 Å². The second-order valence-electron chi connectivity index (χ2n) is 3.28. The largest absolute Gasteiger partial charge is 0.489 e. The normalized spacial score (nSPS) is 11.8. The molecule has 0 amide bonds. The molecule has 0 aliphatic heterocycles. The molecule has 18 heavy (non-hydrogen) atoms. The first-order valence-electron chi connectivity index (χ1n) is 4.71. The minimum atomic E-state index is -3.71. The molecular weight excluding hydrogens is 283 g/mol. The summed E-state index contributed by atoms with van der Waals surface area (Å²) in [7, 11) is -3.71. The van der Waals surface area contributed by atoms with E-state index in [0.29, 0.717) is 17.7 Å². The summed E-state index contributed by atoms with van der Waals surface area (Å²) in [5.41, 5.74) is 5.55. The molecule has 4 N–H and O–H groups in total. The van der Waals surface area contributed by atoms with Gasteiger partial charge in [-0.05, 0) is 24.3 Å². The SMILES string of the molecule is Cl.NC/C(=C/F)COc1ccc(S(N)(=O)=O)cc1. The maximum atomic E-state index is 12.2. The van der Waals surface area contributed by atoms with Crippen molar-refractivity contribution >= 4 is 22.4 Å². The highest BCUT2D eigenvalue weighted by molar-refractivity contribution is 7.89. The number of ether oxygens (including phenoxy) is 1. The molecular formula is C10H14ClFN2O3S. The van der Waals surface area contributed by atoms with Gasteiger partial charge in [0.25, 0.3) is 0 Å². The lowest BCUT2D eigenvalue weighted by Crippen LogP contribution is -2.12. The Labute approximate surface area is 111 Å². The van der Waals surface area contributed by atoms with Crippen molar-refractivity contribution in [2.75, 3.05) is 13.2 Å². The summed E-state index contributed by atoms with van der Waals surface area (Å²) in [4.78, 5) is -0.00932. The van der Waals surface area contributed by atoms with E-state index in [1.165, 1.54) is 24.3 Å². The molecule has 0 aliphatic carbocycles. The van der Waals surface area contributed by atoms with Gasteiger partial charge in [0, 0.05) is 12.1 Å². The molecule has 0 heterocycles. The van der Waals surface area contributed by atoms with Gasteiger partial charge < -0.3 is 10.5 Å². The van der Waals surface area contributed by atoms with E-state index in [0.717, 1.165) is 0 Å². The lowest BCUT2D eigenvalue weighted by molar-refractivity contribution is 0.347. The maximum Gasteiger partial charge on any atom is 0.238 e. The molecule has 102 valence electrons. The second kappa shape index (κ2) is 7.32. The molecule has 0 atom stereocenters. The number of hydrogen-bond acceptors (Lipinski definition) is 4. The van der Waals surface area contributed by atoms with Crippen molar-refractivity contribution in [1.82, 2.24) is 0 Å². The first kappa shape index (κ1) is 16.9. The van der Waals surface area contributed by atoms with Gasteiger partial charge in [0.15, 0.2) is 0 Å². The quantitative estimate of drug-likeness (QED) is 0.845. The Balaban J connectivity index is 0.00000289. The summed E-state index contributed by atoms with van der Waals surface area (Å²) < 4.78 is 39.3. The molecule has 0 aliphatic rings. The molecule has 0 radical (unpaired) electrons. The van der Waals surface area contributed by atoms with Crippen LogP contribution in [0.25, 0.3) is 0 Å². The van der Waals surface area contributed by atoms with Gasteiger partial charge in [0.05, 0.1) is 11.2 Å². The summed E-state index contributed by atoms with van der Waals surface area (Å²) in [6, 6.07) is 5.50. The van der Waals surface area contributed by atoms with Crippen molar-refractivity contribution in [2.45, 2.75) is 4.90 Å². The van der Waals surface area contributed by atoms with E-state index in [2.05, 4.69) is 0 Å². The minimum absolute atomic E-state index is 0. The van der Waals surface area contributed by atoms with E-state index in [-0.39, 0.29) is 30.5 Å². The van der Waals surface area contributed by atoms with Gasteiger partial charge in [-0.1, -0.05) is 0 Å². The Morgan fingerprint density at radius 3 is 2.28 bits per heavy atom. The number of halogens is 2. The van der Waals surface area contributed by atoms with Crippen molar-refractivity contribution in [3.05, 3.63) is 36.2 Å². The minimum Gasteiger partial charge on any atom is -0.489 e. The lowest BCUT2D eigenvalue weighted by Gasteiger charge is -2.07. The first-order valence-corrected chi connectivity index (χ1v) is 6.26. The molecule has 5 nitrogen and oxygen atoms in total. The molecule has 0 saturated heterocycles. The summed E-state index contributed by atoms with van der Waals surface area (Å²) in [6.45, 7) is 0.0769. The smallest absolute Gasteiger partial charge is 0.238 e. The molecule has 8 heteroatoms. The monoisotopic (exact) mass is 296 g/mol. The van der Waals surface area contributed by atoms with Gasteiger partial charge >= 0.3 is 0 Å². The fraction of sp³-hybridized carbons (Fsp3) is 0.200. The number of nitrogens with two attached hydrogens (primary N) is 2. The predicted octanol–water partition coefficient (Wildman–Crippen LogP) is 0.947. The van der Waals surface area contributed by atoms with Crippen LogP contribution < -0.4 is 15.6 Å². The maximum absolute atomic E-state index is 12.2. The first-order chi connectivity index (χ1) is 7.97. The molecule has 0 aromatic heterocycles. The third kappa shape index (κ3) is 5.01. The highest BCUT2D eigenvalue weighted by Gasteiger charge is 2.07. The van der Waals surface area contributed by atoms with Crippen LogP contribution in [0.5, 0.6) is 5.75 Å². The van der Waals surface area contributed by atoms with Crippen LogP contribution in [0.2, 0.25) is 0 Å². The third-order valence-electron chi connectivity index (χ3n) is 1.99.